The van der Waals surface area contributed by atoms with E-state index in [1.54, 1.807) is 6.33 Å². The van der Waals surface area contributed by atoms with E-state index in [1.165, 1.54) is 19.3 Å². The summed E-state index contributed by atoms with van der Waals surface area (Å²) in [5.74, 6) is 2.35. The molecule has 0 spiro atoms. The number of ketones is 1. The van der Waals surface area contributed by atoms with Crippen molar-refractivity contribution in [3.8, 4) is 0 Å². The van der Waals surface area contributed by atoms with E-state index in [9.17, 15) is 4.79 Å². The summed E-state index contributed by atoms with van der Waals surface area (Å²) < 4.78 is 0. The maximum Gasteiger partial charge on any atom is 0.136 e. The highest BCUT2D eigenvalue weighted by molar-refractivity contribution is 5.80. The summed E-state index contributed by atoms with van der Waals surface area (Å²) in [5, 5.41) is 0. The highest BCUT2D eigenvalue weighted by Crippen LogP contribution is 2.22. The Kier molecular flexibility index (Phi) is 3.62. The average Bonchev–Trinajstić information content (AvgIpc) is 2.49. The third-order valence-corrected chi connectivity index (χ3v) is 3.96. The summed E-state index contributed by atoms with van der Waals surface area (Å²) in [5.41, 5.74) is 0. The molecule has 0 aromatic carbocycles. The van der Waals surface area contributed by atoms with Gasteiger partial charge in [0.2, 0.25) is 0 Å². The van der Waals surface area contributed by atoms with Crippen molar-refractivity contribution >= 4 is 17.4 Å². The Hall–Kier alpha value is -1.65. The highest BCUT2D eigenvalue weighted by Gasteiger charge is 2.19. The summed E-state index contributed by atoms with van der Waals surface area (Å²) in [6.45, 7) is 3.76. The van der Waals surface area contributed by atoms with Gasteiger partial charge in [0.05, 0.1) is 0 Å². The van der Waals surface area contributed by atoms with Gasteiger partial charge in [0.15, 0.2) is 0 Å². The molecule has 2 aliphatic heterocycles. The van der Waals surface area contributed by atoms with Crippen LogP contribution < -0.4 is 9.80 Å². The molecule has 0 bridgehead atoms. The lowest BCUT2D eigenvalue weighted by Crippen LogP contribution is -2.35. The molecule has 0 aliphatic carbocycles. The number of hydrogen-bond donors (Lipinski definition) is 0. The van der Waals surface area contributed by atoms with Crippen LogP contribution in [0.5, 0.6) is 0 Å². The maximum atomic E-state index is 11.3. The van der Waals surface area contributed by atoms with E-state index in [0.717, 1.165) is 37.8 Å². The summed E-state index contributed by atoms with van der Waals surface area (Å²) in [6.07, 6.45) is 6.75. The second-order valence-electron chi connectivity index (χ2n) is 5.31. The minimum Gasteiger partial charge on any atom is -0.356 e. The van der Waals surface area contributed by atoms with Crippen molar-refractivity contribution in [3.05, 3.63) is 12.4 Å². The van der Waals surface area contributed by atoms with E-state index in [4.69, 9.17) is 0 Å². The van der Waals surface area contributed by atoms with Crippen LogP contribution in [0.1, 0.15) is 32.1 Å². The molecule has 5 nitrogen and oxygen atoms in total. The molecule has 1 aromatic rings. The molecule has 0 amide bonds. The zero-order valence-corrected chi connectivity index (χ0v) is 11.2. The van der Waals surface area contributed by atoms with Crippen LogP contribution in [-0.2, 0) is 4.79 Å². The molecule has 5 heteroatoms. The zero-order chi connectivity index (χ0) is 13.1. The zero-order valence-electron chi connectivity index (χ0n) is 11.2. The van der Waals surface area contributed by atoms with Gasteiger partial charge >= 0.3 is 0 Å². The Morgan fingerprint density at radius 2 is 1.42 bits per heavy atom. The van der Waals surface area contributed by atoms with Crippen molar-refractivity contribution in [3.63, 3.8) is 0 Å². The quantitative estimate of drug-likeness (QED) is 0.809. The molecule has 0 N–H and O–H groups in total. The first-order valence-electron chi connectivity index (χ1n) is 7.16. The second-order valence-corrected chi connectivity index (χ2v) is 5.31. The largest absolute Gasteiger partial charge is 0.356 e. The number of rotatable bonds is 2. The first-order chi connectivity index (χ1) is 9.33. The fraction of sp³-hybridized carbons (Fsp3) is 0.643. The second kappa shape index (κ2) is 5.55. The molecule has 3 rings (SSSR count). The molecular formula is C14H20N4O. The van der Waals surface area contributed by atoms with Crippen molar-refractivity contribution in [1.29, 1.82) is 0 Å². The molecule has 2 fully saturated rings. The van der Waals surface area contributed by atoms with E-state index < -0.39 is 0 Å². The van der Waals surface area contributed by atoms with Crippen molar-refractivity contribution in [1.82, 2.24) is 9.97 Å². The van der Waals surface area contributed by atoms with Gasteiger partial charge in [0, 0.05) is 45.1 Å². The first-order valence-corrected chi connectivity index (χ1v) is 7.16. The van der Waals surface area contributed by atoms with Gasteiger partial charge in [-0.1, -0.05) is 0 Å². The van der Waals surface area contributed by atoms with Crippen LogP contribution >= 0.6 is 0 Å². The van der Waals surface area contributed by atoms with E-state index in [-0.39, 0.29) is 0 Å². The molecule has 1 aromatic heterocycles. The maximum absolute atomic E-state index is 11.3. The molecule has 3 heterocycles. The number of carbonyl (C=O) groups is 1. The van der Waals surface area contributed by atoms with Crippen molar-refractivity contribution < 1.29 is 4.79 Å². The van der Waals surface area contributed by atoms with Gasteiger partial charge < -0.3 is 9.80 Å². The van der Waals surface area contributed by atoms with Crippen LogP contribution in [0.25, 0.3) is 0 Å². The number of nitrogens with zero attached hydrogens (tertiary/aromatic N) is 4. The predicted octanol–water partition coefficient (Wildman–Crippen LogP) is 1.64. The molecule has 19 heavy (non-hydrogen) atoms. The number of Topliss-reactive ketones (excluding diaryl/α,β-unsaturated/α-hetero) is 1. The number of anilines is 2. The van der Waals surface area contributed by atoms with Crippen LogP contribution in [0.4, 0.5) is 11.6 Å². The molecule has 0 unspecified atom stereocenters. The van der Waals surface area contributed by atoms with Crippen LogP contribution in [0.3, 0.4) is 0 Å². The topological polar surface area (TPSA) is 49.3 Å². The standard InChI is InChI=1S/C14H20N4O/c19-12-4-8-18(9-5-12)14-10-13(15-11-16-14)17-6-2-1-3-7-17/h10-11H,1-9H2. The molecule has 102 valence electrons. The number of piperidine rings is 2. The van der Waals surface area contributed by atoms with Gasteiger partial charge in [-0.25, -0.2) is 9.97 Å². The van der Waals surface area contributed by atoms with E-state index >= 15 is 0 Å². The van der Waals surface area contributed by atoms with Gasteiger partial charge in [-0.3, -0.25) is 4.79 Å². The Morgan fingerprint density at radius 3 is 2.05 bits per heavy atom. The number of aromatic nitrogens is 2. The van der Waals surface area contributed by atoms with E-state index in [1.807, 2.05) is 0 Å². The van der Waals surface area contributed by atoms with Gasteiger partial charge in [-0.2, -0.15) is 0 Å². The summed E-state index contributed by atoms with van der Waals surface area (Å²) >= 11 is 0. The van der Waals surface area contributed by atoms with Gasteiger partial charge in [-0.15, -0.1) is 0 Å². The summed E-state index contributed by atoms with van der Waals surface area (Å²) in [7, 11) is 0. The molecule has 0 atom stereocenters. The van der Waals surface area contributed by atoms with Crippen molar-refractivity contribution in [2.24, 2.45) is 0 Å². The van der Waals surface area contributed by atoms with Crippen LogP contribution in [0.15, 0.2) is 12.4 Å². The Labute approximate surface area is 113 Å². The third-order valence-electron chi connectivity index (χ3n) is 3.96. The van der Waals surface area contributed by atoms with Crippen molar-refractivity contribution in [2.45, 2.75) is 32.1 Å². The first kappa shape index (κ1) is 12.4. The lowest BCUT2D eigenvalue weighted by Gasteiger charge is -2.30. The summed E-state index contributed by atoms with van der Waals surface area (Å²) in [4.78, 5) is 24.6. The Bertz CT molecular complexity index is 447. The fourth-order valence-corrected chi connectivity index (χ4v) is 2.79. The van der Waals surface area contributed by atoms with Crippen LogP contribution in [0.2, 0.25) is 0 Å². The molecule has 2 aliphatic rings. The normalized spacial score (nSPS) is 20.7. The van der Waals surface area contributed by atoms with Gasteiger partial charge in [0.1, 0.15) is 23.7 Å². The van der Waals surface area contributed by atoms with Crippen LogP contribution in [-0.4, -0.2) is 41.9 Å². The predicted molar refractivity (Wildman–Crippen MR) is 74.6 cm³/mol. The molecular weight excluding hydrogens is 240 g/mol. The molecule has 0 saturated carbocycles. The lowest BCUT2D eigenvalue weighted by atomic mass is 10.1. The molecule has 0 radical (unpaired) electrons. The minimum absolute atomic E-state index is 0.363. The number of carbonyl (C=O) groups excluding carboxylic acids is 1. The van der Waals surface area contributed by atoms with E-state index in [0.29, 0.717) is 18.6 Å². The summed E-state index contributed by atoms with van der Waals surface area (Å²) in [6, 6.07) is 2.07. The number of hydrogen-bond acceptors (Lipinski definition) is 5. The monoisotopic (exact) mass is 260 g/mol. The van der Waals surface area contributed by atoms with Gasteiger partial charge in [0.25, 0.3) is 0 Å². The highest BCUT2D eigenvalue weighted by atomic mass is 16.1. The van der Waals surface area contributed by atoms with Crippen molar-refractivity contribution in [2.75, 3.05) is 36.0 Å². The Balaban J connectivity index is 1.73. The SMILES string of the molecule is O=C1CCN(c2cc(N3CCCCC3)ncn2)CC1. The van der Waals surface area contributed by atoms with Crippen LogP contribution in [0, 0.1) is 0 Å². The molecule has 2 saturated heterocycles. The Morgan fingerprint density at radius 1 is 0.842 bits per heavy atom. The lowest BCUT2D eigenvalue weighted by molar-refractivity contribution is -0.119. The van der Waals surface area contributed by atoms with E-state index in [2.05, 4.69) is 25.8 Å². The van der Waals surface area contributed by atoms with Gasteiger partial charge in [-0.05, 0) is 19.3 Å². The fourth-order valence-electron chi connectivity index (χ4n) is 2.79. The average molecular weight is 260 g/mol. The minimum atomic E-state index is 0.363. The smallest absolute Gasteiger partial charge is 0.136 e. The third kappa shape index (κ3) is 2.85.